The van der Waals surface area contributed by atoms with E-state index in [1.165, 1.54) is 6.07 Å². The van der Waals surface area contributed by atoms with Gasteiger partial charge in [-0.1, -0.05) is 15.9 Å². The number of halogens is 1. The third kappa shape index (κ3) is 2.37. The predicted molar refractivity (Wildman–Crippen MR) is 70.6 cm³/mol. The van der Waals surface area contributed by atoms with E-state index in [4.69, 9.17) is 10.5 Å². The van der Waals surface area contributed by atoms with Crippen molar-refractivity contribution in [3.8, 4) is 0 Å². The highest BCUT2D eigenvalue weighted by Gasteiger charge is 2.36. The van der Waals surface area contributed by atoms with Crippen molar-refractivity contribution in [3.63, 3.8) is 0 Å². The van der Waals surface area contributed by atoms with Gasteiger partial charge in [0.1, 0.15) is 18.0 Å². The highest BCUT2D eigenvalue weighted by atomic mass is 79.9. The monoisotopic (exact) mass is 313 g/mol. The average molecular weight is 314 g/mol. The maximum Gasteiger partial charge on any atom is 0.275 e. The van der Waals surface area contributed by atoms with Gasteiger partial charge in [-0.15, -0.1) is 0 Å². The molecule has 0 aliphatic carbocycles. The number of nitrogens with zero attached hydrogens (tertiary/aromatic N) is 2. The number of hydrogen-bond donors (Lipinski definition) is 1. The number of amidine groups is 1. The fourth-order valence-corrected chi connectivity index (χ4v) is 2.33. The average Bonchev–Trinajstić information content (AvgIpc) is 2.28. The van der Waals surface area contributed by atoms with Crippen LogP contribution in [0.2, 0.25) is 0 Å². The molecule has 1 aliphatic heterocycles. The molecule has 1 atom stereocenters. The predicted octanol–water partition coefficient (Wildman–Crippen LogP) is 1.96. The second-order valence-electron chi connectivity index (χ2n) is 4.29. The van der Waals surface area contributed by atoms with Crippen LogP contribution in [0.15, 0.2) is 27.7 Å². The Hall–Kier alpha value is -1.47. The van der Waals surface area contributed by atoms with Crippen LogP contribution in [0.1, 0.15) is 12.5 Å². The van der Waals surface area contributed by atoms with Gasteiger partial charge in [0.25, 0.3) is 5.69 Å². The molecule has 0 amide bonds. The van der Waals surface area contributed by atoms with Gasteiger partial charge in [0.2, 0.25) is 0 Å². The molecule has 0 fully saturated rings. The zero-order chi connectivity index (χ0) is 13.3. The van der Waals surface area contributed by atoms with E-state index in [0.717, 1.165) is 4.47 Å². The molecule has 1 aliphatic rings. The normalized spacial score (nSPS) is 23.6. The number of nitro benzene ring substituents is 1. The maximum absolute atomic E-state index is 11.1. The molecule has 1 heterocycles. The lowest BCUT2D eigenvalue weighted by molar-refractivity contribution is -0.386. The molecule has 1 aromatic carbocycles. The standard InChI is InChI=1S/C11H12BrN3O3/c1-11(6-18-5-10(13)14-11)8-4-7(12)2-3-9(8)15(16)17/h2-4H,5-6H2,1H3,(H2,13,14). The summed E-state index contributed by atoms with van der Waals surface area (Å²) >= 11 is 3.31. The van der Waals surface area contributed by atoms with Gasteiger partial charge in [-0.3, -0.25) is 15.1 Å². The fraction of sp³-hybridized carbons (Fsp3) is 0.364. The van der Waals surface area contributed by atoms with Gasteiger partial charge in [-0.05, 0) is 19.1 Å². The molecule has 0 saturated heterocycles. The van der Waals surface area contributed by atoms with Crippen LogP contribution < -0.4 is 5.73 Å². The zero-order valence-electron chi connectivity index (χ0n) is 9.72. The lowest BCUT2D eigenvalue weighted by atomic mass is 9.91. The second kappa shape index (κ2) is 4.66. The molecule has 0 saturated carbocycles. The van der Waals surface area contributed by atoms with Gasteiger partial charge in [-0.25, -0.2) is 0 Å². The Labute approximate surface area is 112 Å². The third-order valence-corrected chi connectivity index (χ3v) is 3.25. The number of ether oxygens (including phenoxy) is 1. The van der Waals surface area contributed by atoms with Crippen molar-refractivity contribution in [1.82, 2.24) is 0 Å². The molecule has 7 heteroatoms. The SMILES string of the molecule is CC1(c2cc(Br)ccc2[N+](=O)[O-])COCC(N)=N1. The van der Waals surface area contributed by atoms with Crippen molar-refractivity contribution in [2.75, 3.05) is 13.2 Å². The number of rotatable bonds is 2. The van der Waals surface area contributed by atoms with Crippen LogP contribution in [0, 0.1) is 10.1 Å². The summed E-state index contributed by atoms with van der Waals surface area (Å²) in [6, 6.07) is 4.76. The van der Waals surface area contributed by atoms with E-state index in [1.807, 2.05) is 0 Å². The summed E-state index contributed by atoms with van der Waals surface area (Å²) in [5.41, 5.74) is 5.34. The van der Waals surface area contributed by atoms with Crippen molar-refractivity contribution >= 4 is 27.5 Å². The van der Waals surface area contributed by atoms with Crippen LogP contribution in [0.4, 0.5) is 5.69 Å². The summed E-state index contributed by atoms with van der Waals surface area (Å²) in [4.78, 5) is 15.0. The van der Waals surface area contributed by atoms with E-state index in [0.29, 0.717) is 11.4 Å². The number of nitrogens with two attached hydrogens (primary N) is 1. The molecule has 0 bridgehead atoms. The summed E-state index contributed by atoms with van der Waals surface area (Å²) in [6.45, 7) is 2.30. The maximum atomic E-state index is 11.1. The Morgan fingerprint density at radius 2 is 2.33 bits per heavy atom. The Kier molecular flexibility index (Phi) is 3.36. The van der Waals surface area contributed by atoms with Crippen LogP contribution in [0.5, 0.6) is 0 Å². The number of hydrogen-bond acceptors (Lipinski definition) is 5. The summed E-state index contributed by atoms with van der Waals surface area (Å²) in [5.74, 6) is 0.345. The molecule has 0 spiro atoms. The highest BCUT2D eigenvalue weighted by Crippen LogP contribution is 2.36. The molecule has 0 radical (unpaired) electrons. The first-order valence-electron chi connectivity index (χ1n) is 5.29. The highest BCUT2D eigenvalue weighted by molar-refractivity contribution is 9.10. The molecule has 1 aromatic rings. The number of nitro groups is 1. The molecular weight excluding hydrogens is 302 g/mol. The number of benzene rings is 1. The molecule has 0 aromatic heterocycles. The first-order chi connectivity index (χ1) is 8.42. The van der Waals surface area contributed by atoms with Crippen molar-refractivity contribution in [3.05, 3.63) is 38.3 Å². The largest absolute Gasteiger partial charge is 0.386 e. The van der Waals surface area contributed by atoms with Crippen molar-refractivity contribution in [2.45, 2.75) is 12.5 Å². The lowest BCUT2D eigenvalue weighted by Gasteiger charge is -2.29. The lowest BCUT2D eigenvalue weighted by Crippen LogP contribution is -2.37. The first-order valence-corrected chi connectivity index (χ1v) is 6.08. The van der Waals surface area contributed by atoms with Crippen LogP contribution in [0.3, 0.4) is 0 Å². The molecule has 1 unspecified atom stereocenters. The summed E-state index contributed by atoms with van der Waals surface area (Å²) in [7, 11) is 0. The minimum absolute atomic E-state index is 0.0164. The zero-order valence-corrected chi connectivity index (χ0v) is 11.3. The minimum Gasteiger partial charge on any atom is -0.386 e. The third-order valence-electron chi connectivity index (χ3n) is 2.76. The molecule has 2 N–H and O–H groups in total. The van der Waals surface area contributed by atoms with Gasteiger partial charge >= 0.3 is 0 Å². The van der Waals surface area contributed by atoms with Gasteiger partial charge in [0.15, 0.2) is 0 Å². The minimum atomic E-state index is -0.825. The van der Waals surface area contributed by atoms with Crippen LogP contribution in [0.25, 0.3) is 0 Å². The van der Waals surface area contributed by atoms with Crippen LogP contribution >= 0.6 is 15.9 Å². The Bertz CT molecular complexity index is 532. The van der Waals surface area contributed by atoms with Crippen LogP contribution in [-0.2, 0) is 10.3 Å². The van der Waals surface area contributed by atoms with Gasteiger partial charge in [-0.2, -0.15) is 0 Å². The molecular formula is C11H12BrN3O3. The first kappa shape index (κ1) is 13.0. The number of aliphatic imine (C=N–C) groups is 1. The quantitative estimate of drug-likeness (QED) is 0.667. The Morgan fingerprint density at radius 3 is 2.94 bits per heavy atom. The van der Waals surface area contributed by atoms with E-state index in [2.05, 4.69) is 20.9 Å². The molecule has 96 valence electrons. The van der Waals surface area contributed by atoms with E-state index < -0.39 is 10.5 Å². The fourth-order valence-electron chi connectivity index (χ4n) is 1.97. The van der Waals surface area contributed by atoms with Crippen molar-refractivity contribution < 1.29 is 9.66 Å². The topological polar surface area (TPSA) is 90.8 Å². The van der Waals surface area contributed by atoms with Crippen LogP contribution in [-0.4, -0.2) is 24.0 Å². The molecule has 6 nitrogen and oxygen atoms in total. The van der Waals surface area contributed by atoms with Gasteiger partial charge in [0, 0.05) is 10.5 Å². The van der Waals surface area contributed by atoms with Gasteiger partial charge in [0.05, 0.1) is 17.1 Å². The van der Waals surface area contributed by atoms with E-state index in [1.54, 1.807) is 19.1 Å². The second-order valence-corrected chi connectivity index (χ2v) is 5.20. The van der Waals surface area contributed by atoms with E-state index in [9.17, 15) is 10.1 Å². The molecule has 2 rings (SSSR count). The Balaban J connectivity index is 2.59. The summed E-state index contributed by atoms with van der Waals surface area (Å²) in [5, 5.41) is 11.1. The summed E-state index contributed by atoms with van der Waals surface area (Å²) < 4.78 is 6.09. The van der Waals surface area contributed by atoms with E-state index >= 15 is 0 Å². The Morgan fingerprint density at radius 1 is 1.61 bits per heavy atom. The smallest absolute Gasteiger partial charge is 0.275 e. The van der Waals surface area contributed by atoms with Gasteiger partial charge < -0.3 is 10.5 Å². The van der Waals surface area contributed by atoms with Crippen molar-refractivity contribution in [2.24, 2.45) is 10.7 Å². The molecule has 18 heavy (non-hydrogen) atoms. The summed E-state index contributed by atoms with van der Waals surface area (Å²) in [6.07, 6.45) is 0. The van der Waals surface area contributed by atoms with E-state index in [-0.39, 0.29) is 18.9 Å². The van der Waals surface area contributed by atoms with Crippen molar-refractivity contribution in [1.29, 1.82) is 0 Å².